The van der Waals surface area contributed by atoms with Gasteiger partial charge < -0.3 is 4.90 Å². The van der Waals surface area contributed by atoms with Crippen molar-refractivity contribution in [1.82, 2.24) is 0 Å². The van der Waals surface area contributed by atoms with E-state index in [1.54, 1.807) is 0 Å². The van der Waals surface area contributed by atoms with Gasteiger partial charge in [-0.2, -0.15) is 0 Å². The Hall–Kier alpha value is -7.39. The van der Waals surface area contributed by atoms with Gasteiger partial charge in [0.2, 0.25) is 0 Å². The highest BCUT2D eigenvalue weighted by Crippen LogP contribution is 2.63. The average molecular weight is 876 g/mol. The van der Waals surface area contributed by atoms with E-state index >= 15 is 0 Å². The number of allylic oxidation sites excluding steroid dienone is 3. The van der Waals surface area contributed by atoms with Crippen molar-refractivity contribution >= 4 is 34.4 Å². The molecule has 320 valence electrons. The minimum absolute atomic E-state index is 0.0186. The van der Waals surface area contributed by atoms with Gasteiger partial charge in [-0.1, -0.05) is 214 Å². The molecule has 9 aromatic rings. The zero-order chi connectivity index (χ0) is 44.9. The Labute approximate surface area is 398 Å². The molecule has 0 fully saturated rings. The van der Waals surface area contributed by atoms with Crippen molar-refractivity contribution in [2.75, 3.05) is 4.90 Å². The highest BCUT2D eigenvalue weighted by atomic mass is 32.2. The highest BCUT2D eigenvalue weighted by molar-refractivity contribution is 8.01. The van der Waals surface area contributed by atoms with Gasteiger partial charge in [0.05, 0.1) is 11.1 Å². The summed E-state index contributed by atoms with van der Waals surface area (Å²) in [5.41, 5.74) is 23.5. The fourth-order valence-corrected chi connectivity index (χ4v) is 13.7. The van der Waals surface area contributed by atoms with Crippen LogP contribution in [0.5, 0.6) is 0 Å². The van der Waals surface area contributed by atoms with Crippen molar-refractivity contribution < 1.29 is 0 Å². The number of nitrogens with zero attached hydrogens (tertiary/aromatic N) is 1. The van der Waals surface area contributed by atoms with Gasteiger partial charge in [0.1, 0.15) is 0 Å². The standard InChI is InChI=1S/C65H49NS/c1-63(2)56-31-14-16-33-58(56)65(59-34-17-15-32-57(59)63)55-30-13-11-27-50(55)51-38-36-44(41-60(51)65)66(45-37-39-53-54-29-19-20-40-64(54,3)67-62(53)42-45)61-35-18-12-28-52(61)49-26-10-9-25-48(49)47-24-8-7-23-46(47)43-21-5-4-6-22-43/h4-39,41-42H,40H2,1-3H3. The van der Waals surface area contributed by atoms with E-state index in [2.05, 4.69) is 256 Å². The van der Waals surface area contributed by atoms with Crippen LogP contribution in [0, 0.1) is 0 Å². The molecular formula is C65H49NS. The van der Waals surface area contributed by atoms with Crippen LogP contribution in [0.1, 0.15) is 66.1 Å². The average Bonchev–Trinajstić information content (AvgIpc) is 3.85. The van der Waals surface area contributed by atoms with Gasteiger partial charge in [-0.05, 0) is 127 Å². The molecule has 1 unspecified atom stereocenters. The number of rotatable bonds is 6. The van der Waals surface area contributed by atoms with Crippen LogP contribution in [0.2, 0.25) is 0 Å². The van der Waals surface area contributed by atoms with Gasteiger partial charge in [-0.15, -0.1) is 11.8 Å². The first-order chi connectivity index (χ1) is 32.9. The second kappa shape index (κ2) is 15.1. The van der Waals surface area contributed by atoms with Gasteiger partial charge >= 0.3 is 0 Å². The van der Waals surface area contributed by atoms with Gasteiger partial charge in [0, 0.05) is 32.0 Å². The molecule has 1 heterocycles. The number of hydrogen-bond donors (Lipinski definition) is 0. The van der Waals surface area contributed by atoms with E-state index in [1.807, 2.05) is 11.8 Å². The van der Waals surface area contributed by atoms with E-state index in [4.69, 9.17) is 0 Å². The summed E-state index contributed by atoms with van der Waals surface area (Å²) >= 11 is 2.01. The lowest BCUT2D eigenvalue weighted by Gasteiger charge is -2.46. The van der Waals surface area contributed by atoms with E-state index in [9.17, 15) is 0 Å². The van der Waals surface area contributed by atoms with Crippen LogP contribution in [-0.2, 0) is 10.8 Å². The Kier molecular flexibility index (Phi) is 8.98. The zero-order valence-electron chi connectivity index (χ0n) is 38.0. The Morgan fingerprint density at radius 3 is 1.58 bits per heavy atom. The maximum Gasteiger partial charge on any atom is 0.0720 e. The van der Waals surface area contributed by atoms with Crippen LogP contribution >= 0.6 is 11.8 Å². The third-order valence-corrected chi connectivity index (χ3v) is 16.7. The molecule has 0 amide bonds. The van der Waals surface area contributed by atoms with Crippen LogP contribution in [0.15, 0.2) is 235 Å². The molecule has 67 heavy (non-hydrogen) atoms. The molecular weight excluding hydrogens is 827 g/mol. The first kappa shape index (κ1) is 39.9. The summed E-state index contributed by atoms with van der Waals surface area (Å²) in [7, 11) is 0. The summed E-state index contributed by atoms with van der Waals surface area (Å²) in [4.78, 5) is 3.88. The molecule has 1 aliphatic heterocycles. The third kappa shape index (κ3) is 5.82. The molecule has 13 rings (SSSR count). The van der Waals surface area contributed by atoms with Crippen LogP contribution in [0.4, 0.5) is 17.1 Å². The molecule has 0 bridgehead atoms. The summed E-state index contributed by atoms with van der Waals surface area (Å²) in [5, 5.41) is 0. The molecule has 0 saturated carbocycles. The summed E-state index contributed by atoms with van der Waals surface area (Å²) < 4.78 is 0.0186. The van der Waals surface area contributed by atoms with Crippen molar-refractivity contribution in [3.8, 4) is 44.5 Å². The van der Waals surface area contributed by atoms with Gasteiger partial charge in [-0.25, -0.2) is 0 Å². The fourth-order valence-electron chi connectivity index (χ4n) is 12.3. The van der Waals surface area contributed by atoms with E-state index in [-0.39, 0.29) is 10.2 Å². The maximum absolute atomic E-state index is 2.55. The largest absolute Gasteiger partial charge is 0.310 e. The second-order valence-corrected chi connectivity index (χ2v) is 20.8. The number of benzene rings is 9. The van der Waals surface area contributed by atoms with Gasteiger partial charge in [0.25, 0.3) is 0 Å². The molecule has 0 radical (unpaired) electrons. The van der Waals surface area contributed by atoms with Crippen molar-refractivity contribution in [1.29, 1.82) is 0 Å². The normalized spacial score (nSPS) is 17.4. The topological polar surface area (TPSA) is 3.24 Å². The predicted molar refractivity (Wildman–Crippen MR) is 283 cm³/mol. The summed E-state index contributed by atoms with van der Waals surface area (Å²) in [6.45, 7) is 7.21. The van der Waals surface area contributed by atoms with Crippen LogP contribution in [0.25, 0.3) is 50.1 Å². The van der Waals surface area contributed by atoms with Crippen molar-refractivity contribution in [3.63, 3.8) is 0 Å². The Balaban J connectivity index is 1.07. The minimum atomic E-state index is -0.513. The predicted octanol–water partition coefficient (Wildman–Crippen LogP) is 17.4. The molecule has 2 heteroatoms. The Morgan fingerprint density at radius 1 is 0.403 bits per heavy atom. The molecule has 1 nitrogen and oxygen atoms in total. The lowest BCUT2D eigenvalue weighted by Crippen LogP contribution is -2.40. The highest BCUT2D eigenvalue weighted by Gasteiger charge is 2.53. The molecule has 1 atom stereocenters. The first-order valence-electron chi connectivity index (χ1n) is 23.6. The third-order valence-electron chi connectivity index (χ3n) is 15.3. The first-order valence-corrected chi connectivity index (χ1v) is 24.5. The van der Waals surface area contributed by atoms with E-state index < -0.39 is 5.41 Å². The molecule has 9 aromatic carbocycles. The molecule has 0 N–H and O–H groups in total. The van der Waals surface area contributed by atoms with Gasteiger partial charge in [-0.3, -0.25) is 0 Å². The molecule has 0 saturated heterocycles. The molecule has 3 aliphatic carbocycles. The van der Waals surface area contributed by atoms with E-state index in [1.165, 1.54) is 93.9 Å². The van der Waals surface area contributed by atoms with E-state index in [0.717, 1.165) is 23.5 Å². The van der Waals surface area contributed by atoms with Crippen molar-refractivity contribution in [3.05, 3.63) is 269 Å². The number of anilines is 3. The number of thioether (sulfide) groups is 1. The Bertz CT molecular complexity index is 3490. The number of hydrogen-bond acceptors (Lipinski definition) is 2. The smallest absolute Gasteiger partial charge is 0.0720 e. The number of fused-ring (bicyclic) bond motifs is 12. The maximum atomic E-state index is 2.55. The summed E-state index contributed by atoms with van der Waals surface area (Å²) in [5.74, 6) is 0. The van der Waals surface area contributed by atoms with Crippen LogP contribution in [0.3, 0.4) is 0 Å². The minimum Gasteiger partial charge on any atom is -0.310 e. The summed E-state index contributed by atoms with van der Waals surface area (Å²) in [6, 6.07) is 79.9. The summed E-state index contributed by atoms with van der Waals surface area (Å²) in [6.07, 6.45) is 7.91. The molecule has 0 aromatic heterocycles. The SMILES string of the molecule is CC12CC=CC=C1c1ccc(N(c3ccc4c(c3)C3(c5ccccc5-4)c4ccccc4C(C)(C)c4ccccc43)c3ccccc3-c3ccccc3-c3ccccc3-c3ccccc3)cc1S2. The van der Waals surface area contributed by atoms with Crippen molar-refractivity contribution in [2.45, 2.75) is 47.7 Å². The zero-order valence-corrected chi connectivity index (χ0v) is 38.8. The van der Waals surface area contributed by atoms with E-state index in [0.29, 0.717) is 0 Å². The van der Waals surface area contributed by atoms with Crippen LogP contribution in [-0.4, -0.2) is 4.75 Å². The molecule has 1 spiro atoms. The van der Waals surface area contributed by atoms with Gasteiger partial charge in [0.15, 0.2) is 0 Å². The number of para-hydroxylation sites is 1. The fraction of sp³-hybridized carbons (Fsp3) is 0.108. The van der Waals surface area contributed by atoms with Crippen molar-refractivity contribution in [2.24, 2.45) is 0 Å². The van der Waals surface area contributed by atoms with Crippen LogP contribution < -0.4 is 4.90 Å². The second-order valence-electron chi connectivity index (χ2n) is 19.3. The molecule has 4 aliphatic rings. The lowest BCUT2D eigenvalue weighted by molar-refractivity contribution is 0.563. The quantitative estimate of drug-likeness (QED) is 0.164. The lowest BCUT2D eigenvalue weighted by atomic mass is 9.55. The monoisotopic (exact) mass is 875 g/mol. The Morgan fingerprint density at radius 2 is 0.896 bits per heavy atom.